The van der Waals surface area contributed by atoms with Crippen molar-refractivity contribution in [2.24, 2.45) is 0 Å². The van der Waals surface area contributed by atoms with Gasteiger partial charge in [0.05, 0.1) is 17.2 Å². The highest BCUT2D eigenvalue weighted by Crippen LogP contribution is 2.27. The lowest BCUT2D eigenvalue weighted by Gasteiger charge is -2.24. The first-order chi connectivity index (χ1) is 16.2. The molecule has 0 aliphatic carbocycles. The van der Waals surface area contributed by atoms with Crippen LogP contribution in [0.3, 0.4) is 0 Å². The summed E-state index contributed by atoms with van der Waals surface area (Å²) in [7, 11) is -3.99. The Balaban J connectivity index is 1.89. The minimum atomic E-state index is -3.99. The molecule has 0 bridgehead atoms. The summed E-state index contributed by atoms with van der Waals surface area (Å²) in [4.78, 5) is 14.0. The van der Waals surface area contributed by atoms with E-state index in [0.29, 0.717) is 29.6 Å². The Hall–Kier alpha value is -2.97. The van der Waals surface area contributed by atoms with Crippen LogP contribution in [0.25, 0.3) is 0 Å². The monoisotopic (exact) mass is 498 g/mol. The quantitative estimate of drug-likeness (QED) is 0.360. The number of hydrogen-bond acceptors (Lipinski definition) is 5. The zero-order valence-electron chi connectivity index (χ0n) is 19.8. The van der Waals surface area contributed by atoms with Crippen LogP contribution in [0.15, 0.2) is 82.6 Å². The third kappa shape index (κ3) is 6.33. The van der Waals surface area contributed by atoms with E-state index in [9.17, 15) is 13.2 Å². The van der Waals surface area contributed by atoms with E-state index in [1.807, 2.05) is 37.4 Å². The number of amides is 1. The third-order valence-electron chi connectivity index (χ3n) is 5.23. The van der Waals surface area contributed by atoms with E-state index in [-0.39, 0.29) is 11.4 Å². The fraction of sp³-hybridized carbons (Fsp3) is 0.269. The Morgan fingerprint density at radius 2 is 1.59 bits per heavy atom. The molecule has 8 heteroatoms. The molecular formula is C26H30N2O4S2. The van der Waals surface area contributed by atoms with E-state index in [2.05, 4.69) is 19.2 Å². The predicted molar refractivity (Wildman–Crippen MR) is 140 cm³/mol. The Bertz CT molecular complexity index is 1190. The number of nitrogens with zero attached hydrogens (tertiary/aromatic N) is 1. The summed E-state index contributed by atoms with van der Waals surface area (Å²) in [5.41, 5.74) is 2.15. The smallest absolute Gasteiger partial charge is 0.264 e. The van der Waals surface area contributed by atoms with Gasteiger partial charge in [0.1, 0.15) is 12.3 Å². The van der Waals surface area contributed by atoms with Crippen molar-refractivity contribution in [3.63, 3.8) is 0 Å². The first kappa shape index (κ1) is 25.6. The maximum Gasteiger partial charge on any atom is 0.264 e. The molecule has 0 heterocycles. The Morgan fingerprint density at radius 3 is 2.12 bits per heavy atom. The third-order valence-corrected chi connectivity index (χ3v) is 7.76. The fourth-order valence-corrected chi connectivity index (χ4v) is 5.18. The summed E-state index contributed by atoms with van der Waals surface area (Å²) >= 11 is 1.53. The summed E-state index contributed by atoms with van der Waals surface area (Å²) in [6.45, 7) is 6.20. The number of thioether (sulfide) groups is 1. The minimum absolute atomic E-state index is 0.119. The molecule has 0 unspecified atom stereocenters. The van der Waals surface area contributed by atoms with Gasteiger partial charge in [0.15, 0.2) is 0 Å². The van der Waals surface area contributed by atoms with Crippen LogP contribution in [0.5, 0.6) is 5.75 Å². The summed E-state index contributed by atoms with van der Waals surface area (Å²) in [6.07, 6.45) is 1.92. The van der Waals surface area contributed by atoms with E-state index in [1.54, 1.807) is 48.5 Å². The molecule has 0 aliphatic rings. The Morgan fingerprint density at radius 1 is 0.971 bits per heavy atom. The van der Waals surface area contributed by atoms with Gasteiger partial charge < -0.3 is 10.1 Å². The van der Waals surface area contributed by atoms with Crippen molar-refractivity contribution < 1.29 is 17.9 Å². The van der Waals surface area contributed by atoms with Gasteiger partial charge in [0, 0.05) is 10.6 Å². The number of ether oxygens (including phenoxy) is 1. The first-order valence-electron chi connectivity index (χ1n) is 11.0. The van der Waals surface area contributed by atoms with Crippen molar-refractivity contribution in [1.29, 1.82) is 0 Å². The average molecular weight is 499 g/mol. The zero-order valence-corrected chi connectivity index (χ0v) is 21.4. The molecule has 180 valence electrons. The molecule has 3 aromatic rings. The maximum absolute atomic E-state index is 13.6. The molecule has 34 heavy (non-hydrogen) atoms. The van der Waals surface area contributed by atoms with Crippen molar-refractivity contribution in [2.45, 2.75) is 36.5 Å². The maximum atomic E-state index is 13.6. The summed E-state index contributed by atoms with van der Waals surface area (Å²) in [5, 5.41) is 2.81. The minimum Gasteiger partial charge on any atom is -0.494 e. The highest BCUT2D eigenvalue weighted by Gasteiger charge is 2.27. The zero-order chi connectivity index (χ0) is 24.7. The highest BCUT2D eigenvalue weighted by atomic mass is 32.2. The van der Waals surface area contributed by atoms with Crippen LogP contribution >= 0.6 is 11.8 Å². The number of carbonyl (C=O) groups is 1. The number of nitrogens with one attached hydrogen (secondary N) is 1. The molecule has 0 saturated carbocycles. The molecular weight excluding hydrogens is 468 g/mol. The number of sulfonamides is 1. The molecule has 1 amide bonds. The SMILES string of the molecule is CCOc1ccc(N(CC(=O)Nc2ccc(C(C)C)cc2)S(=O)(=O)c2ccc(SC)cc2)cc1. The molecule has 0 saturated heterocycles. The number of anilines is 2. The number of benzene rings is 3. The predicted octanol–water partition coefficient (Wildman–Crippen LogP) is 5.76. The molecule has 0 fully saturated rings. The van der Waals surface area contributed by atoms with Crippen LogP contribution in [-0.2, 0) is 14.8 Å². The molecule has 3 aromatic carbocycles. The number of carbonyl (C=O) groups excluding carboxylic acids is 1. The Kier molecular flexibility index (Phi) is 8.63. The molecule has 0 aliphatic heterocycles. The van der Waals surface area contributed by atoms with Crippen molar-refractivity contribution in [1.82, 2.24) is 0 Å². The normalized spacial score (nSPS) is 11.3. The fourth-order valence-electron chi connectivity index (χ4n) is 3.35. The molecule has 0 spiro atoms. The number of rotatable bonds is 10. The van der Waals surface area contributed by atoms with Crippen molar-refractivity contribution in [3.05, 3.63) is 78.4 Å². The molecule has 6 nitrogen and oxygen atoms in total. The van der Waals surface area contributed by atoms with Gasteiger partial charge >= 0.3 is 0 Å². The Labute approximate surface area is 206 Å². The number of hydrogen-bond donors (Lipinski definition) is 1. The molecule has 0 aromatic heterocycles. The van der Waals surface area contributed by atoms with Gasteiger partial charge in [-0.05, 0) is 85.3 Å². The van der Waals surface area contributed by atoms with Crippen LogP contribution in [0.1, 0.15) is 32.3 Å². The van der Waals surface area contributed by atoms with E-state index < -0.39 is 15.9 Å². The van der Waals surface area contributed by atoms with Crippen molar-refractivity contribution in [2.75, 3.05) is 29.0 Å². The summed E-state index contributed by atoms with van der Waals surface area (Å²) < 4.78 is 33.7. The van der Waals surface area contributed by atoms with Gasteiger partial charge in [-0.25, -0.2) is 8.42 Å². The van der Waals surface area contributed by atoms with Gasteiger partial charge in [0.25, 0.3) is 10.0 Å². The van der Waals surface area contributed by atoms with Crippen LogP contribution in [-0.4, -0.2) is 33.7 Å². The van der Waals surface area contributed by atoms with E-state index in [0.717, 1.165) is 14.8 Å². The highest BCUT2D eigenvalue weighted by molar-refractivity contribution is 7.98. The van der Waals surface area contributed by atoms with E-state index in [1.165, 1.54) is 11.8 Å². The van der Waals surface area contributed by atoms with Crippen molar-refractivity contribution >= 4 is 39.1 Å². The molecule has 0 radical (unpaired) electrons. The van der Waals surface area contributed by atoms with Gasteiger partial charge in [-0.3, -0.25) is 9.10 Å². The lowest BCUT2D eigenvalue weighted by Crippen LogP contribution is -2.38. The van der Waals surface area contributed by atoms with Gasteiger partial charge in [-0.2, -0.15) is 0 Å². The summed E-state index contributed by atoms with van der Waals surface area (Å²) in [5.74, 6) is 0.570. The largest absolute Gasteiger partial charge is 0.494 e. The van der Waals surface area contributed by atoms with E-state index in [4.69, 9.17) is 4.74 Å². The lowest BCUT2D eigenvalue weighted by atomic mass is 10.0. The molecule has 3 rings (SSSR count). The lowest BCUT2D eigenvalue weighted by molar-refractivity contribution is -0.114. The second-order valence-electron chi connectivity index (χ2n) is 7.94. The first-order valence-corrected chi connectivity index (χ1v) is 13.7. The topological polar surface area (TPSA) is 75.7 Å². The standard InChI is InChI=1S/C26H30N2O4S2/c1-5-32-23-12-10-22(11-13-23)28(34(30,31)25-16-14-24(33-4)15-17-25)18-26(29)27-21-8-6-20(7-9-21)19(2)3/h6-17,19H,5,18H2,1-4H3,(H,27,29). The van der Waals surface area contributed by atoms with Crippen LogP contribution in [0.4, 0.5) is 11.4 Å². The van der Waals surface area contributed by atoms with Gasteiger partial charge in [0.2, 0.25) is 5.91 Å². The second-order valence-corrected chi connectivity index (χ2v) is 10.7. The second kappa shape index (κ2) is 11.4. The van der Waals surface area contributed by atoms with Gasteiger partial charge in [-0.1, -0.05) is 26.0 Å². The van der Waals surface area contributed by atoms with Crippen LogP contribution < -0.4 is 14.4 Å². The van der Waals surface area contributed by atoms with Crippen LogP contribution in [0.2, 0.25) is 0 Å². The van der Waals surface area contributed by atoms with E-state index >= 15 is 0 Å². The van der Waals surface area contributed by atoms with Crippen LogP contribution in [0, 0.1) is 0 Å². The van der Waals surface area contributed by atoms with Crippen molar-refractivity contribution in [3.8, 4) is 5.75 Å². The molecule has 0 atom stereocenters. The average Bonchev–Trinajstić information content (AvgIpc) is 2.83. The van der Waals surface area contributed by atoms with Gasteiger partial charge in [-0.15, -0.1) is 11.8 Å². The summed E-state index contributed by atoms with van der Waals surface area (Å²) in [6, 6.07) is 20.9. The molecule has 1 N–H and O–H groups in total.